The van der Waals surface area contributed by atoms with Crippen LogP contribution in [0.5, 0.6) is 0 Å². The predicted molar refractivity (Wildman–Crippen MR) is 190 cm³/mol. The molecule has 222 valence electrons. The second-order valence-electron chi connectivity index (χ2n) is 11.7. The van der Waals surface area contributed by atoms with Crippen molar-refractivity contribution in [1.82, 2.24) is 9.55 Å². The lowest BCUT2D eigenvalue weighted by Gasteiger charge is -2.19. The summed E-state index contributed by atoms with van der Waals surface area (Å²) in [6.07, 6.45) is 0. The van der Waals surface area contributed by atoms with E-state index in [0.29, 0.717) is 0 Å². The zero-order valence-electron chi connectivity index (χ0n) is 25.3. The second kappa shape index (κ2) is 11.0. The number of fused-ring (bicyclic) bond motifs is 4. The highest BCUT2D eigenvalue weighted by Crippen LogP contribution is 2.43. The highest BCUT2D eigenvalue weighted by atomic mass is 19.1. The Morgan fingerprint density at radius 3 is 1.83 bits per heavy atom. The van der Waals surface area contributed by atoms with Crippen LogP contribution in [-0.2, 0) is 0 Å². The minimum atomic E-state index is -0.254. The molecule has 0 saturated carbocycles. The predicted octanol–water partition coefficient (Wildman–Crippen LogP) is 11.7. The Bertz CT molecular complexity index is 2510. The maximum atomic E-state index is 13.6. The maximum absolute atomic E-state index is 13.6. The molecule has 0 atom stereocenters. The molecule has 0 saturated heterocycles. The third-order valence-corrected chi connectivity index (χ3v) is 8.91. The van der Waals surface area contributed by atoms with Gasteiger partial charge in [0.05, 0.1) is 22.3 Å². The van der Waals surface area contributed by atoms with E-state index in [9.17, 15) is 4.39 Å². The lowest BCUT2D eigenvalue weighted by atomic mass is 9.95. The van der Waals surface area contributed by atoms with Crippen molar-refractivity contribution in [2.45, 2.75) is 0 Å². The molecule has 0 fully saturated rings. The van der Waals surface area contributed by atoms with Crippen LogP contribution in [-0.4, -0.2) is 9.55 Å². The van der Waals surface area contributed by atoms with Crippen molar-refractivity contribution in [2.24, 2.45) is 0 Å². The van der Waals surface area contributed by atoms with Crippen LogP contribution in [0.2, 0.25) is 0 Å². The number of para-hydroxylation sites is 4. The van der Waals surface area contributed by atoms with Crippen LogP contribution >= 0.6 is 0 Å². The quantitative estimate of drug-likeness (QED) is 0.195. The molecule has 0 aliphatic heterocycles. The van der Waals surface area contributed by atoms with Crippen molar-refractivity contribution in [3.63, 3.8) is 0 Å². The molecule has 0 aliphatic carbocycles. The Morgan fingerprint density at radius 1 is 0.489 bits per heavy atom. The van der Waals surface area contributed by atoms with Crippen LogP contribution in [0.4, 0.5) is 4.39 Å². The third kappa shape index (κ3) is 4.53. The van der Waals surface area contributed by atoms with Gasteiger partial charge < -0.3 is 4.42 Å². The molecule has 9 rings (SSSR count). The smallest absolute Gasteiger partial charge is 0.149 e. The number of halogens is 1. The van der Waals surface area contributed by atoms with Crippen LogP contribution in [0.3, 0.4) is 0 Å². The largest absolute Gasteiger partial charge is 0.455 e. The number of furan rings is 1. The fraction of sp³-hybridized carbons (Fsp3) is 0. The summed E-state index contributed by atoms with van der Waals surface area (Å²) in [7, 11) is 0. The van der Waals surface area contributed by atoms with Crippen LogP contribution < -0.4 is 0 Å². The zero-order chi connectivity index (χ0) is 31.3. The van der Waals surface area contributed by atoms with E-state index in [0.717, 1.165) is 83.4 Å². The molecule has 0 radical (unpaired) electrons. The van der Waals surface area contributed by atoms with Gasteiger partial charge in [-0.05, 0) is 64.7 Å². The first kappa shape index (κ1) is 27.1. The molecule has 9 aromatic rings. The molecule has 0 spiro atoms. The molecule has 47 heavy (non-hydrogen) atoms. The van der Waals surface area contributed by atoms with E-state index in [1.54, 1.807) is 12.1 Å². The van der Waals surface area contributed by atoms with Gasteiger partial charge in [0.25, 0.3) is 0 Å². The number of hydrogen-bond acceptors (Lipinski definition) is 2. The summed E-state index contributed by atoms with van der Waals surface area (Å²) in [5, 5.41) is 2.03. The summed E-state index contributed by atoms with van der Waals surface area (Å²) in [5.41, 5.74) is 11.8. The Labute approximate surface area is 270 Å². The van der Waals surface area contributed by atoms with E-state index in [4.69, 9.17) is 9.40 Å². The molecule has 0 unspecified atom stereocenters. The molecular weight excluding hydrogens is 579 g/mol. The van der Waals surface area contributed by atoms with Crippen molar-refractivity contribution < 1.29 is 8.81 Å². The van der Waals surface area contributed by atoms with Gasteiger partial charge in [-0.2, -0.15) is 0 Å². The lowest BCUT2D eigenvalue weighted by Crippen LogP contribution is -2.03. The van der Waals surface area contributed by atoms with Gasteiger partial charge in [-0.25, -0.2) is 9.37 Å². The van der Waals surface area contributed by atoms with Gasteiger partial charge in [0.1, 0.15) is 22.8 Å². The van der Waals surface area contributed by atoms with Crippen molar-refractivity contribution >= 4 is 33.0 Å². The van der Waals surface area contributed by atoms with Crippen molar-refractivity contribution in [3.8, 4) is 50.5 Å². The van der Waals surface area contributed by atoms with E-state index in [2.05, 4.69) is 120 Å². The molecule has 2 aromatic heterocycles. The van der Waals surface area contributed by atoms with Gasteiger partial charge >= 0.3 is 0 Å². The summed E-state index contributed by atoms with van der Waals surface area (Å²) < 4.78 is 22.7. The SMILES string of the molecule is Fc1ccc(-c2ccc3c(c2)oc2c(-c4nc5ccccc5n4-c4c(-c5ccccc5)cccc4-c4ccccc4)cccc23)cc1. The normalized spacial score (nSPS) is 11.5. The summed E-state index contributed by atoms with van der Waals surface area (Å²) in [6, 6.07) is 54.9. The number of imidazole rings is 1. The number of aromatic nitrogens is 2. The molecule has 0 aliphatic rings. The molecule has 4 heteroatoms. The van der Waals surface area contributed by atoms with Gasteiger partial charge in [0, 0.05) is 21.9 Å². The first-order valence-corrected chi connectivity index (χ1v) is 15.7. The first-order chi connectivity index (χ1) is 23.2. The summed E-state index contributed by atoms with van der Waals surface area (Å²) >= 11 is 0. The van der Waals surface area contributed by atoms with E-state index in [1.807, 2.05) is 24.3 Å². The molecule has 0 amide bonds. The lowest BCUT2D eigenvalue weighted by molar-refractivity contribution is 0.628. The van der Waals surface area contributed by atoms with Crippen molar-refractivity contribution in [2.75, 3.05) is 0 Å². The van der Waals surface area contributed by atoms with Crippen LogP contribution in [0.15, 0.2) is 168 Å². The average Bonchev–Trinajstić information content (AvgIpc) is 3.70. The standard InChI is InChI=1S/C43H27FN2O/c44-32-24-21-28(22-25-32)31-23-26-35-36-17-10-18-37(42(36)47-40(35)27-31)43-45-38-19-7-8-20-39(38)46(43)41-33(29-11-3-1-4-12-29)15-9-16-34(41)30-13-5-2-6-14-30/h1-27H. The average molecular weight is 607 g/mol. The van der Waals surface area contributed by atoms with E-state index in [1.165, 1.54) is 12.1 Å². The summed E-state index contributed by atoms with van der Waals surface area (Å²) in [6.45, 7) is 0. The molecule has 7 aromatic carbocycles. The minimum Gasteiger partial charge on any atom is -0.455 e. The number of nitrogens with zero attached hydrogens (tertiary/aromatic N) is 2. The van der Waals surface area contributed by atoms with Gasteiger partial charge in [-0.1, -0.05) is 121 Å². The second-order valence-corrected chi connectivity index (χ2v) is 11.7. The highest BCUT2D eigenvalue weighted by molar-refractivity contribution is 6.10. The van der Waals surface area contributed by atoms with Crippen molar-refractivity contribution in [3.05, 3.63) is 170 Å². The minimum absolute atomic E-state index is 0.254. The Balaban J connectivity index is 1.34. The third-order valence-electron chi connectivity index (χ3n) is 8.91. The number of hydrogen-bond donors (Lipinski definition) is 0. The van der Waals surface area contributed by atoms with Crippen LogP contribution in [0, 0.1) is 5.82 Å². The highest BCUT2D eigenvalue weighted by Gasteiger charge is 2.23. The molecule has 0 N–H and O–H groups in total. The monoisotopic (exact) mass is 606 g/mol. The van der Waals surface area contributed by atoms with E-state index < -0.39 is 0 Å². The van der Waals surface area contributed by atoms with Crippen molar-refractivity contribution in [1.29, 1.82) is 0 Å². The first-order valence-electron chi connectivity index (χ1n) is 15.7. The topological polar surface area (TPSA) is 31.0 Å². The molecule has 2 heterocycles. The van der Waals surface area contributed by atoms with Crippen LogP contribution in [0.25, 0.3) is 83.4 Å². The Kier molecular flexibility index (Phi) is 6.32. The molecule has 3 nitrogen and oxygen atoms in total. The van der Waals surface area contributed by atoms with Gasteiger partial charge in [0.2, 0.25) is 0 Å². The summed E-state index contributed by atoms with van der Waals surface area (Å²) in [5.74, 6) is 0.547. The van der Waals surface area contributed by atoms with Crippen LogP contribution in [0.1, 0.15) is 0 Å². The molecular formula is C43H27FN2O. The van der Waals surface area contributed by atoms with Gasteiger partial charge in [0.15, 0.2) is 0 Å². The summed E-state index contributed by atoms with van der Waals surface area (Å²) in [4.78, 5) is 5.29. The fourth-order valence-electron chi connectivity index (χ4n) is 6.72. The Hall–Kier alpha value is -6.26. The maximum Gasteiger partial charge on any atom is 0.149 e. The van der Waals surface area contributed by atoms with Gasteiger partial charge in [-0.15, -0.1) is 0 Å². The van der Waals surface area contributed by atoms with Gasteiger partial charge in [-0.3, -0.25) is 4.57 Å². The number of benzene rings is 7. The fourth-order valence-corrected chi connectivity index (χ4v) is 6.72. The Morgan fingerprint density at radius 2 is 1.11 bits per heavy atom. The van der Waals surface area contributed by atoms with E-state index in [-0.39, 0.29) is 5.82 Å². The number of rotatable bonds is 5. The van der Waals surface area contributed by atoms with E-state index >= 15 is 0 Å². The zero-order valence-corrected chi connectivity index (χ0v) is 25.3. The molecule has 0 bridgehead atoms.